The Morgan fingerprint density at radius 3 is 2.47 bits per heavy atom. The maximum Gasteiger partial charge on any atom is 0.123 e. The van der Waals surface area contributed by atoms with Crippen LogP contribution >= 0.6 is 0 Å². The zero-order valence-corrected chi connectivity index (χ0v) is 9.13. The standard InChI is InChI=1S/C12H17FN2/c1-9(2)7-12(15-14)8-10-3-5-11(13)6-4-10/h3-7,12,15H,8,14H2,1-2H3. The first-order valence-electron chi connectivity index (χ1n) is 4.97. The predicted molar refractivity (Wildman–Crippen MR) is 60.6 cm³/mol. The van der Waals surface area contributed by atoms with Gasteiger partial charge in [-0.25, -0.2) is 4.39 Å². The SMILES string of the molecule is CC(C)=CC(Cc1ccc(F)cc1)NN. The van der Waals surface area contributed by atoms with Gasteiger partial charge in [-0.2, -0.15) is 0 Å². The van der Waals surface area contributed by atoms with E-state index in [0.717, 1.165) is 12.0 Å². The fraction of sp³-hybridized carbons (Fsp3) is 0.333. The van der Waals surface area contributed by atoms with Gasteiger partial charge in [0.05, 0.1) is 0 Å². The minimum absolute atomic E-state index is 0.0976. The summed E-state index contributed by atoms with van der Waals surface area (Å²) in [5.41, 5.74) is 5.00. The Labute approximate surface area is 90.0 Å². The number of halogens is 1. The van der Waals surface area contributed by atoms with Crippen LogP contribution in [0.5, 0.6) is 0 Å². The molecule has 0 aliphatic rings. The van der Waals surface area contributed by atoms with Crippen LogP contribution in [0.2, 0.25) is 0 Å². The van der Waals surface area contributed by atoms with E-state index in [1.807, 2.05) is 13.8 Å². The topological polar surface area (TPSA) is 38.0 Å². The van der Waals surface area contributed by atoms with E-state index < -0.39 is 0 Å². The van der Waals surface area contributed by atoms with Crippen molar-refractivity contribution in [3.05, 3.63) is 47.3 Å². The molecule has 0 aliphatic heterocycles. The Bertz CT molecular complexity index is 326. The third-order valence-electron chi connectivity index (χ3n) is 2.12. The molecule has 0 bridgehead atoms. The van der Waals surface area contributed by atoms with Crippen molar-refractivity contribution >= 4 is 0 Å². The van der Waals surface area contributed by atoms with E-state index in [2.05, 4.69) is 11.5 Å². The third-order valence-corrected chi connectivity index (χ3v) is 2.12. The average molecular weight is 208 g/mol. The lowest BCUT2D eigenvalue weighted by Crippen LogP contribution is -2.35. The molecular weight excluding hydrogens is 191 g/mol. The molecule has 1 unspecified atom stereocenters. The Morgan fingerprint density at radius 2 is 2.00 bits per heavy atom. The molecule has 0 fully saturated rings. The van der Waals surface area contributed by atoms with Crippen LogP contribution in [0.3, 0.4) is 0 Å². The zero-order chi connectivity index (χ0) is 11.3. The lowest BCUT2D eigenvalue weighted by molar-refractivity contribution is 0.608. The number of nitrogens with one attached hydrogen (secondary N) is 1. The van der Waals surface area contributed by atoms with Crippen molar-refractivity contribution in [1.82, 2.24) is 5.43 Å². The van der Waals surface area contributed by atoms with Crippen LogP contribution < -0.4 is 11.3 Å². The molecular formula is C12H17FN2. The highest BCUT2D eigenvalue weighted by Crippen LogP contribution is 2.07. The van der Waals surface area contributed by atoms with Crippen LogP contribution in [-0.4, -0.2) is 6.04 Å². The number of nitrogens with two attached hydrogens (primary N) is 1. The molecule has 0 spiro atoms. The lowest BCUT2D eigenvalue weighted by Gasteiger charge is -2.12. The van der Waals surface area contributed by atoms with Crippen LogP contribution in [0.4, 0.5) is 4.39 Å². The second-order valence-electron chi connectivity index (χ2n) is 3.85. The third kappa shape index (κ3) is 4.23. The molecule has 0 saturated heterocycles. The van der Waals surface area contributed by atoms with Gasteiger partial charge >= 0.3 is 0 Å². The molecule has 15 heavy (non-hydrogen) atoms. The number of rotatable bonds is 4. The van der Waals surface area contributed by atoms with Crippen LogP contribution in [-0.2, 0) is 6.42 Å². The predicted octanol–water partition coefficient (Wildman–Crippen LogP) is 2.17. The van der Waals surface area contributed by atoms with Crippen molar-refractivity contribution in [3.8, 4) is 0 Å². The highest BCUT2D eigenvalue weighted by atomic mass is 19.1. The molecule has 0 aliphatic carbocycles. The molecule has 82 valence electrons. The van der Waals surface area contributed by atoms with E-state index in [-0.39, 0.29) is 11.9 Å². The summed E-state index contributed by atoms with van der Waals surface area (Å²) in [5, 5.41) is 0. The summed E-state index contributed by atoms with van der Waals surface area (Å²) in [7, 11) is 0. The van der Waals surface area contributed by atoms with E-state index in [0.29, 0.717) is 0 Å². The van der Waals surface area contributed by atoms with Crippen LogP contribution in [0.15, 0.2) is 35.9 Å². The average Bonchev–Trinajstić information content (AvgIpc) is 2.19. The van der Waals surface area contributed by atoms with Crippen molar-refractivity contribution in [2.45, 2.75) is 26.3 Å². The highest BCUT2D eigenvalue weighted by Gasteiger charge is 2.04. The van der Waals surface area contributed by atoms with Crippen molar-refractivity contribution in [2.24, 2.45) is 5.84 Å². The molecule has 0 aromatic heterocycles. The molecule has 2 nitrogen and oxygen atoms in total. The number of allylic oxidation sites excluding steroid dienone is 1. The molecule has 0 radical (unpaired) electrons. The monoisotopic (exact) mass is 208 g/mol. The Balaban J connectivity index is 2.67. The first-order valence-corrected chi connectivity index (χ1v) is 4.97. The van der Waals surface area contributed by atoms with Crippen molar-refractivity contribution in [2.75, 3.05) is 0 Å². The smallest absolute Gasteiger partial charge is 0.123 e. The van der Waals surface area contributed by atoms with Gasteiger partial charge in [-0.3, -0.25) is 11.3 Å². The number of hydrogen-bond acceptors (Lipinski definition) is 2. The fourth-order valence-corrected chi connectivity index (χ4v) is 1.44. The van der Waals surface area contributed by atoms with Crippen LogP contribution in [0.1, 0.15) is 19.4 Å². The van der Waals surface area contributed by atoms with E-state index in [1.54, 1.807) is 12.1 Å². The van der Waals surface area contributed by atoms with Gasteiger partial charge in [0.15, 0.2) is 0 Å². The maximum atomic E-state index is 12.7. The second kappa shape index (κ2) is 5.63. The summed E-state index contributed by atoms with van der Waals surface area (Å²) in [6.45, 7) is 4.05. The minimum atomic E-state index is -0.210. The van der Waals surface area contributed by atoms with Gasteiger partial charge in [-0.05, 0) is 38.0 Å². The van der Waals surface area contributed by atoms with E-state index >= 15 is 0 Å². The van der Waals surface area contributed by atoms with E-state index in [9.17, 15) is 4.39 Å². The van der Waals surface area contributed by atoms with E-state index in [4.69, 9.17) is 5.84 Å². The molecule has 3 heteroatoms. The van der Waals surface area contributed by atoms with Gasteiger partial charge in [0.2, 0.25) is 0 Å². The van der Waals surface area contributed by atoms with Gasteiger partial charge in [-0.1, -0.05) is 23.8 Å². The van der Waals surface area contributed by atoms with Gasteiger partial charge in [0, 0.05) is 6.04 Å². The highest BCUT2D eigenvalue weighted by molar-refractivity contribution is 5.19. The van der Waals surface area contributed by atoms with Crippen molar-refractivity contribution in [1.29, 1.82) is 0 Å². The summed E-state index contributed by atoms with van der Waals surface area (Å²) in [4.78, 5) is 0. The Morgan fingerprint density at radius 1 is 1.40 bits per heavy atom. The first-order chi connectivity index (χ1) is 7.11. The maximum absolute atomic E-state index is 12.7. The molecule has 0 saturated carbocycles. The Kier molecular flexibility index (Phi) is 4.46. The van der Waals surface area contributed by atoms with Crippen LogP contribution in [0.25, 0.3) is 0 Å². The number of benzene rings is 1. The molecule has 3 N–H and O–H groups in total. The van der Waals surface area contributed by atoms with E-state index in [1.165, 1.54) is 17.7 Å². The fourth-order valence-electron chi connectivity index (χ4n) is 1.44. The summed E-state index contributed by atoms with van der Waals surface area (Å²) < 4.78 is 12.7. The van der Waals surface area contributed by atoms with Crippen LogP contribution in [0, 0.1) is 5.82 Å². The largest absolute Gasteiger partial charge is 0.271 e. The normalized spacial score (nSPS) is 12.3. The lowest BCUT2D eigenvalue weighted by atomic mass is 10.0. The van der Waals surface area contributed by atoms with Gasteiger partial charge in [0.1, 0.15) is 5.82 Å². The summed E-state index contributed by atoms with van der Waals surface area (Å²) >= 11 is 0. The van der Waals surface area contributed by atoms with Gasteiger partial charge in [-0.15, -0.1) is 0 Å². The molecule has 1 rings (SSSR count). The quantitative estimate of drug-likeness (QED) is 0.452. The Hall–Kier alpha value is -1.19. The number of hydrazine groups is 1. The summed E-state index contributed by atoms with van der Waals surface area (Å²) in [6.07, 6.45) is 2.82. The zero-order valence-electron chi connectivity index (χ0n) is 9.13. The summed E-state index contributed by atoms with van der Waals surface area (Å²) in [5.74, 6) is 5.22. The first kappa shape index (κ1) is 11.9. The van der Waals surface area contributed by atoms with Crippen molar-refractivity contribution < 1.29 is 4.39 Å². The molecule has 1 atom stereocenters. The summed E-state index contributed by atoms with van der Waals surface area (Å²) in [6, 6.07) is 6.58. The molecule has 0 amide bonds. The second-order valence-corrected chi connectivity index (χ2v) is 3.85. The van der Waals surface area contributed by atoms with Gasteiger partial charge < -0.3 is 0 Å². The number of hydrogen-bond donors (Lipinski definition) is 2. The minimum Gasteiger partial charge on any atom is -0.271 e. The molecule has 0 heterocycles. The van der Waals surface area contributed by atoms with Gasteiger partial charge in [0.25, 0.3) is 0 Å². The molecule has 1 aromatic rings. The van der Waals surface area contributed by atoms with Crippen molar-refractivity contribution in [3.63, 3.8) is 0 Å². The molecule has 1 aromatic carbocycles.